The highest BCUT2D eigenvalue weighted by atomic mass is 35.5. The number of nitrogen functional groups attached to an aromatic ring is 3. The first-order chi connectivity index (χ1) is 13.9. The van der Waals surface area contributed by atoms with Crippen LogP contribution in [0, 0.1) is 0 Å². The maximum atomic E-state index is 6.77. The molecule has 15 heteroatoms. The highest BCUT2D eigenvalue weighted by Crippen LogP contribution is 2.30. The average Bonchev–Trinajstić information content (AvgIpc) is 2.71. The van der Waals surface area contributed by atoms with Crippen LogP contribution >= 0.6 is 60.4 Å². The van der Waals surface area contributed by atoms with Gasteiger partial charge in [0.05, 0.1) is 24.8 Å². The first kappa shape index (κ1) is 37.9. The maximum Gasteiger partial charge on any atom is 0.358 e. The van der Waals surface area contributed by atoms with E-state index in [1.165, 1.54) is 0 Å². The van der Waals surface area contributed by atoms with Gasteiger partial charge in [0.2, 0.25) is 10.0 Å². The summed E-state index contributed by atoms with van der Waals surface area (Å²) >= 11 is 13.5. The number of nitrogens with zero attached hydrogens (tertiary/aromatic N) is 4. The Bertz CT molecular complexity index is 1120. The number of hydrogen-bond donors (Lipinski definition) is 3. The second-order valence-corrected chi connectivity index (χ2v) is 7.11. The molecule has 192 valence electrons. The van der Waals surface area contributed by atoms with Gasteiger partial charge in [-0.15, -0.1) is 37.2 Å². The van der Waals surface area contributed by atoms with Crippen molar-refractivity contribution in [3.63, 3.8) is 0 Å². The molecule has 7 nitrogen and oxygen atoms in total. The van der Waals surface area contributed by atoms with Crippen LogP contribution < -0.4 is 68.1 Å². The average molecular weight is 643 g/mol. The van der Waals surface area contributed by atoms with Gasteiger partial charge < -0.3 is 54.4 Å². The Kier molecular flexibility index (Phi) is 17.5. The van der Waals surface area contributed by atoms with Gasteiger partial charge in [-0.05, 0) is 0 Å². The van der Waals surface area contributed by atoms with Crippen LogP contribution in [0.2, 0.25) is 10.0 Å². The molecule has 4 heterocycles. The lowest BCUT2D eigenvalue weighted by Gasteiger charge is -2.06. The molecule has 0 aliphatic rings. The lowest BCUT2D eigenvalue weighted by Crippen LogP contribution is -3.00. The number of anilines is 3. The van der Waals surface area contributed by atoms with E-state index in [4.69, 9.17) is 45.4 Å². The van der Waals surface area contributed by atoms with E-state index in [0.717, 1.165) is 0 Å². The van der Waals surface area contributed by atoms with Gasteiger partial charge in [0.15, 0.2) is 12.4 Å². The Balaban J connectivity index is -0.00000171. The highest BCUT2D eigenvalue weighted by molar-refractivity contribution is 6.38. The minimum absolute atomic E-state index is 0. The minimum Gasteiger partial charge on any atom is -1.00 e. The maximum absolute atomic E-state index is 6.77. The second kappa shape index (κ2) is 16.1. The topological polar surface area (TPSA) is 103 Å². The summed E-state index contributed by atoms with van der Waals surface area (Å²) in [5, 5.41) is 0.749. The molecule has 0 saturated heterocycles. The quantitative estimate of drug-likeness (QED) is 0.194. The number of halogens is 8. The zero-order valence-corrected chi connectivity index (χ0v) is 23.8. The van der Waals surface area contributed by atoms with Crippen molar-refractivity contribution in [1.29, 1.82) is 0 Å². The molecule has 0 amide bonds. The second-order valence-electron chi connectivity index (χ2n) is 6.35. The van der Waals surface area contributed by atoms with Crippen molar-refractivity contribution in [2.24, 2.45) is 0 Å². The highest BCUT2D eigenvalue weighted by Gasteiger charge is 2.34. The van der Waals surface area contributed by atoms with Crippen LogP contribution in [0.1, 0.15) is 0 Å². The van der Waals surface area contributed by atoms with Gasteiger partial charge in [0.1, 0.15) is 0 Å². The molecule has 0 aromatic carbocycles. The molecule has 4 aromatic heterocycles. The third-order valence-electron chi connectivity index (χ3n) is 4.33. The first-order valence-corrected chi connectivity index (χ1v) is 9.40. The van der Waals surface area contributed by atoms with Crippen LogP contribution in [-0.4, -0.2) is 4.98 Å². The van der Waals surface area contributed by atoms with E-state index < -0.39 is 0 Å². The summed E-state index contributed by atoms with van der Waals surface area (Å²) in [7, 11) is 0. The van der Waals surface area contributed by atoms with Crippen molar-refractivity contribution >= 4 is 77.5 Å². The molecule has 35 heavy (non-hydrogen) atoms. The normalized spacial score (nSPS) is 8.97. The van der Waals surface area contributed by atoms with E-state index in [-0.39, 0.29) is 74.4 Å². The van der Waals surface area contributed by atoms with Crippen LogP contribution in [0.25, 0.3) is 17.3 Å². The number of hydrogen-bond acceptors (Lipinski definition) is 4. The lowest BCUT2D eigenvalue weighted by molar-refractivity contribution is -0.617. The largest absolute Gasteiger partial charge is 1.00 e. The third kappa shape index (κ3) is 8.17. The Morgan fingerprint density at radius 1 is 0.514 bits per heavy atom. The fourth-order valence-electron chi connectivity index (χ4n) is 2.82. The van der Waals surface area contributed by atoms with E-state index in [2.05, 4.69) is 0 Å². The molecule has 0 saturated carbocycles. The molecule has 6 N–H and O–H groups in total. The lowest BCUT2D eigenvalue weighted by atomic mass is 10.3. The summed E-state index contributed by atoms with van der Waals surface area (Å²) in [5.41, 5.74) is 19.9. The molecule has 0 spiro atoms. The van der Waals surface area contributed by atoms with Crippen molar-refractivity contribution in [3.8, 4) is 17.3 Å². The van der Waals surface area contributed by atoms with Crippen LogP contribution in [0.5, 0.6) is 0 Å². The van der Waals surface area contributed by atoms with E-state index in [1.807, 2.05) is 0 Å². The molecule has 0 radical (unpaired) electrons. The summed E-state index contributed by atoms with van der Waals surface area (Å²) in [4.78, 5) is 4.72. The summed E-state index contributed by atoms with van der Waals surface area (Å²) in [6, 6.07) is 10.6. The van der Waals surface area contributed by atoms with Crippen molar-refractivity contribution in [3.05, 3.63) is 83.6 Å². The monoisotopic (exact) mass is 639 g/mol. The van der Waals surface area contributed by atoms with Gasteiger partial charge in [-0.3, -0.25) is 0 Å². The third-order valence-corrected chi connectivity index (χ3v) is 5.03. The van der Waals surface area contributed by atoms with E-state index >= 15 is 0 Å². The molecule has 0 aliphatic carbocycles. The van der Waals surface area contributed by atoms with Gasteiger partial charge in [-0.25, -0.2) is 9.13 Å². The Morgan fingerprint density at radius 2 is 0.771 bits per heavy atom. The molecule has 4 rings (SSSR count). The standard InChI is InChI=1S/C20H15Cl2N7.6ClH/c21-16-18(27-7-1-13(23)2-8-27)17(22)20(29-11-5-15(25)6-12-29)26-19(16)28-9-3-14(24)4-10-28;;;;;;/h1-12,23-25H;6*1H. The Morgan fingerprint density at radius 3 is 1.06 bits per heavy atom. The number of rotatable bonds is 3. The molecule has 0 unspecified atom stereocenters. The van der Waals surface area contributed by atoms with E-state index in [1.54, 1.807) is 87.3 Å². The molecule has 0 bridgehead atoms. The number of nitrogens with two attached hydrogens (primary N) is 3. The molecule has 0 aliphatic heterocycles. The van der Waals surface area contributed by atoms with Gasteiger partial charge in [-0.2, -0.15) is 4.57 Å². The Labute approximate surface area is 250 Å². The van der Waals surface area contributed by atoms with Crippen LogP contribution in [0.15, 0.2) is 73.6 Å². The first-order valence-electron chi connectivity index (χ1n) is 8.64. The van der Waals surface area contributed by atoms with Gasteiger partial charge >= 0.3 is 11.6 Å². The summed E-state index contributed by atoms with van der Waals surface area (Å²) in [5.74, 6) is 0.990. The summed E-state index contributed by atoms with van der Waals surface area (Å²) in [6.45, 7) is 0. The molecule has 0 atom stereocenters. The SMILES string of the molecule is Cl.Cl.Cl.Nc1cc[n+](-c2nc(-[n+]3ccc(N)cc3)c(Cl)c(-[n+]3ccc(N)cc3)c2Cl)cc1.[Cl-].[Cl-].[Cl-]. The van der Waals surface area contributed by atoms with E-state index in [0.29, 0.717) is 44.4 Å². The molecule has 0 fully saturated rings. The molecule has 4 aromatic rings. The van der Waals surface area contributed by atoms with Crippen molar-refractivity contribution in [1.82, 2.24) is 4.98 Å². The number of pyridine rings is 4. The fourth-order valence-corrected chi connectivity index (χ4v) is 3.53. The summed E-state index contributed by atoms with van der Waals surface area (Å²) < 4.78 is 5.35. The van der Waals surface area contributed by atoms with Crippen LogP contribution in [-0.2, 0) is 0 Å². The van der Waals surface area contributed by atoms with Crippen molar-refractivity contribution < 1.29 is 50.9 Å². The van der Waals surface area contributed by atoms with Crippen molar-refractivity contribution in [2.45, 2.75) is 0 Å². The molecular formula is C20H21Cl8N7. The van der Waals surface area contributed by atoms with Gasteiger partial charge in [0, 0.05) is 58.4 Å². The smallest absolute Gasteiger partial charge is 0.358 e. The predicted octanol–water partition coefficient (Wildman–Crippen LogP) is -5.76. The van der Waals surface area contributed by atoms with Crippen LogP contribution in [0.4, 0.5) is 17.1 Å². The molecular weight excluding hydrogens is 622 g/mol. The zero-order valence-electron chi connectivity index (χ0n) is 17.6. The fraction of sp³-hybridized carbons (Fsp3) is 0. The zero-order chi connectivity index (χ0) is 20.5. The Hall–Kier alpha value is -1.68. The van der Waals surface area contributed by atoms with Crippen molar-refractivity contribution in [2.75, 3.05) is 17.2 Å². The number of aromatic nitrogens is 4. The minimum atomic E-state index is 0. The summed E-state index contributed by atoms with van der Waals surface area (Å²) in [6.07, 6.45) is 10.7. The van der Waals surface area contributed by atoms with E-state index in [9.17, 15) is 0 Å². The van der Waals surface area contributed by atoms with Gasteiger partial charge in [0.25, 0.3) is 5.69 Å². The van der Waals surface area contributed by atoms with Gasteiger partial charge in [-0.1, -0.05) is 23.2 Å². The van der Waals surface area contributed by atoms with Crippen LogP contribution in [0.3, 0.4) is 0 Å². The predicted molar refractivity (Wildman–Crippen MR) is 134 cm³/mol.